The zero-order valence-corrected chi connectivity index (χ0v) is 38.5. The summed E-state index contributed by atoms with van der Waals surface area (Å²) < 4.78 is 2.34. The minimum absolute atomic E-state index is 1.05. The number of hydrogen-bond donors (Lipinski definition) is 0. The van der Waals surface area contributed by atoms with E-state index in [-0.39, 0.29) is 0 Å². The van der Waals surface area contributed by atoms with Crippen molar-refractivity contribution in [3.05, 3.63) is 253 Å². The highest BCUT2D eigenvalue weighted by Gasteiger charge is 2.24. The van der Waals surface area contributed by atoms with Gasteiger partial charge in [-0.3, -0.25) is 0 Å². The predicted molar refractivity (Wildman–Crippen MR) is 297 cm³/mol. The van der Waals surface area contributed by atoms with E-state index < -0.39 is 0 Å². The van der Waals surface area contributed by atoms with Crippen LogP contribution in [0.5, 0.6) is 0 Å². The zero-order valence-electron chi connectivity index (χ0n) is 38.5. The van der Waals surface area contributed by atoms with Crippen molar-refractivity contribution in [2.75, 3.05) is 4.90 Å². The zero-order chi connectivity index (χ0) is 45.8. The molecule has 69 heavy (non-hydrogen) atoms. The average molecular weight is 881 g/mol. The molecule has 12 aromatic rings. The quantitative estimate of drug-likeness (QED) is 0.109. The van der Waals surface area contributed by atoms with Gasteiger partial charge in [-0.1, -0.05) is 188 Å². The molecule has 2 heteroatoms. The van der Waals surface area contributed by atoms with Crippen molar-refractivity contribution < 1.29 is 0 Å². The van der Waals surface area contributed by atoms with Gasteiger partial charge < -0.3 is 9.47 Å². The van der Waals surface area contributed by atoms with E-state index in [1.807, 2.05) is 0 Å². The third-order valence-corrected chi connectivity index (χ3v) is 14.4. The van der Waals surface area contributed by atoms with Gasteiger partial charge in [-0.05, 0) is 161 Å². The number of para-hydroxylation sites is 2. The lowest BCUT2D eigenvalue weighted by molar-refractivity contribution is 1.00. The van der Waals surface area contributed by atoms with Gasteiger partial charge in [-0.25, -0.2) is 0 Å². The summed E-state index contributed by atoms with van der Waals surface area (Å²) in [4.78, 5) is 2.33. The fraction of sp³-hybridized carbons (Fsp3) is 0.0448. The molecule has 0 amide bonds. The molecule has 2 nitrogen and oxygen atoms in total. The number of fused-ring (bicyclic) bond motifs is 10. The first-order valence-electron chi connectivity index (χ1n) is 24.1. The van der Waals surface area contributed by atoms with E-state index in [4.69, 9.17) is 0 Å². The summed E-state index contributed by atoms with van der Waals surface area (Å²) in [6, 6.07) is 82.4. The number of rotatable bonds is 8. The topological polar surface area (TPSA) is 8.17 Å². The van der Waals surface area contributed by atoms with E-state index >= 15 is 0 Å². The number of benzene rings is 11. The Kier molecular flexibility index (Phi) is 9.91. The van der Waals surface area contributed by atoms with Crippen molar-refractivity contribution in [3.63, 3.8) is 0 Å². The molecule has 0 fully saturated rings. The molecule has 0 bridgehead atoms. The fourth-order valence-electron chi connectivity index (χ4n) is 11.1. The van der Waals surface area contributed by atoms with Gasteiger partial charge in [0.2, 0.25) is 0 Å². The van der Waals surface area contributed by atoms with E-state index in [1.54, 1.807) is 0 Å². The Hall–Kier alpha value is -8.72. The summed E-state index contributed by atoms with van der Waals surface area (Å²) in [6.45, 7) is 0. The summed E-state index contributed by atoms with van der Waals surface area (Å²) in [5.74, 6) is 0. The molecule has 0 saturated carbocycles. The van der Waals surface area contributed by atoms with Crippen molar-refractivity contribution >= 4 is 89.4 Å². The molecule has 0 radical (unpaired) electrons. The molecule has 1 heterocycles. The first-order chi connectivity index (χ1) is 34.1. The van der Waals surface area contributed by atoms with Crippen LogP contribution in [0.1, 0.15) is 28.7 Å². The molecule has 13 rings (SSSR count). The van der Waals surface area contributed by atoms with Crippen LogP contribution in [0.3, 0.4) is 0 Å². The number of aromatic nitrogens is 1. The number of hydrogen-bond acceptors (Lipinski definition) is 1. The molecule has 0 unspecified atom stereocenters. The predicted octanol–water partition coefficient (Wildman–Crippen LogP) is 18.4. The lowest BCUT2D eigenvalue weighted by atomic mass is 9.78. The molecular formula is C67H48N2. The van der Waals surface area contributed by atoms with Crippen LogP contribution < -0.4 is 4.90 Å². The molecule has 0 atom stereocenters. The molecule has 11 aromatic carbocycles. The minimum atomic E-state index is 1.05. The van der Waals surface area contributed by atoms with E-state index in [1.165, 1.54) is 110 Å². The van der Waals surface area contributed by atoms with Crippen LogP contribution in [-0.2, 0) is 13.5 Å². The Balaban J connectivity index is 0.888. The molecule has 0 aliphatic heterocycles. The van der Waals surface area contributed by atoms with Gasteiger partial charge in [0.25, 0.3) is 0 Å². The van der Waals surface area contributed by atoms with Gasteiger partial charge in [-0.15, -0.1) is 0 Å². The van der Waals surface area contributed by atoms with Crippen molar-refractivity contribution in [1.29, 1.82) is 0 Å². The van der Waals surface area contributed by atoms with Crippen molar-refractivity contribution in [1.82, 2.24) is 4.57 Å². The van der Waals surface area contributed by atoms with Crippen LogP contribution in [0, 0.1) is 0 Å². The molecule has 0 saturated heterocycles. The second kappa shape index (κ2) is 16.9. The van der Waals surface area contributed by atoms with Gasteiger partial charge in [0.1, 0.15) is 0 Å². The smallest absolute Gasteiger partial charge is 0.0509 e. The largest absolute Gasteiger partial charge is 0.344 e. The molecule has 1 aliphatic rings. The van der Waals surface area contributed by atoms with Crippen molar-refractivity contribution in [2.45, 2.75) is 12.8 Å². The number of anilines is 3. The van der Waals surface area contributed by atoms with Gasteiger partial charge >= 0.3 is 0 Å². The molecular weight excluding hydrogens is 833 g/mol. The Labute approximate surface area is 403 Å². The highest BCUT2D eigenvalue weighted by molar-refractivity contribution is 6.25. The van der Waals surface area contributed by atoms with Crippen LogP contribution in [0.2, 0.25) is 0 Å². The normalized spacial score (nSPS) is 12.5. The molecule has 1 aliphatic carbocycles. The summed E-state index contributed by atoms with van der Waals surface area (Å²) in [5, 5.41) is 10.3. The first kappa shape index (κ1) is 40.5. The maximum Gasteiger partial charge on any atom is 0.0509 e. The first-order valence-corrected chi connectivity index (χ1v) is 24.1. The van der Waals surface area contributed by atoms with Gasteiger partial charge in [0.05, 0.1) is 5.52 Å². The Morgan fingerprint density at radius 1 is 0.420 bits per heavy atom. The van der Waals surface area contributed by atoms with E-state index in [2.05, 4.69) is 265 Å². The maximum atomic E-state index is 2.48. The third-order valence-electron chi connectivity index (χ3n) is 14.4. The number of allylic oxidation sites excluding steroid dienone is 1. The van der Waals surface area contributed by atoms with Crippen LogP contribution >= 0.6 is 0 Å². The highest BCUT2D eigenvalue weighted by Crippen LogP contribution is 2.50. The second-order valence-electron chi connectivity index (χ2n) is 18.4. The second-order valence-corrected chi connectivity index (χ2v) is 18.4. The third kappa shape index (κ3) is 7.03. The van der Waals surface area contributed by atoms with E-state index in [0.29, 0.717) is 0 Å². The standard InChI is InChI=1S/C67H48N2/c1-68-63-41-46(33-38-57(63)58-39-37-54(43-64(58)68)69(52-22-10-4-11-23-52)53-24-12-5-13-25-53)31-30-45-32-34-50-42-51(36-35-49(50)40-45)62-44-61(47-18-6-2-7-19-47)66-59-28-16-14-26-55(59)56-27-15-17-29-60(56)67(66)65(62)48-20-8-3-9-21-48/h2-13,15-25,27-44H,14,26H2,1H3/b31-30+. The number of aryl methyl sites for hydroxylation is 2. The highest BCUT2D eigenvalue weighted by atomic mass is 15.1. The van der Waals surface area contributed by atoms with Gasteiger partial charge in [-0.2, -0.15) is 0 Å². The van der Waals surface area contributed by atoms with Gasteiger partial charge in [0.15, 0.2) is 0 Å². The Morgan fingerprint density at radius 3 is 1.72 bits per heavy atom. The Morgan fingerprint density at radius 2 is 1.00 bits per heavy atom. The Bertz CT molecular complexity index is 3950. The summed E-state index contributed by atoms with van der Waals surface area (Å²) in [5.41, 5.74) is 18.4. The summed E-state index contributed by atoms with van der Waals surface area (Å²) in [7, 11) is 2.19. The van der Waals surface area contributed by atoms with Crippen LogP contribution in [0.25, 0.3) is 106 Å². The molecule has 326 valence electrons. The van der Waals surface area contributed by atoms with Crippen LogP contribution in [-0.4, -0.2) is 4.57 Å². The van der Waals surface area contributed by atoms with E-state index in [0.717, 1.165) is 29.9 Å². The summed E-state index contributed by atoms with van der Waals surface area (Å²) >= 11 is 0. The lowest BCUT2D eigenvalue weighted by Crippen LogP contribution is -2.09. The van der Waals surface area contributed by atoms with Crippen LogP contribution in [0.15, 0.2) is 231 Å². The van der Waals surface area contributed by atoms with Crippen molar-refractivity contribution in [2.24, 2.45) is 7.05 Å². The average Bonchev–Trinajstić information content (AvgIpc) is 3.70. The number of nitrogens with zero attached hydrogens (tertiary/aromatic N) is 2. The van der Waals surface area contributed by atoms with E-state index in [9.17, 15) is 0 Å². The molecule has 1 aromatic heterocycles. The van der Waals surface area contributed by atoms with Crippen molar-refractivity contribution in [3.8, 4) is 33.4 Å². The monoisotopic (exact) mass is 880 g/mol. The SMILES string of the molecule is Cn1c2cc(/C=C/c3ccc4cc(-c5cc(-c6ccccc6)c6c7c(c8ccccc8c6c5-c5ccccc5)CCC=C7)ccc4c3)ccc2c2ccc(N(c3ccccc3)c3ccccc3)cc21. The fourth-order valence-corrected chi connectivity index (χ4v) is 11.1. The maximum absolute atomic E-state index is 2.48. The van der Waals surface area contributed by atoms with Crippen LogP contribution in [0.4, 0.5) is 17.1 Å². The molecule has 0 spiro atoms. The van der Waals surface area contributed by atoms with Gasteiger partial charge in [0, 0.05) is 40.4 Å². The minimum Gasteiger partial charge on any atom is -0.344 e. The summed E-state index contributed by atoms with van der Waals surface area (Å²) in [6.07, 6.45) is 11.4. The molecule has 0 N–H and O–H groups in total. The lowest BCUT2D eigenvalue weighted by Gasteiger charge is -2.25.